The summed E-state index contributed by atoms with van der Waals surface area (Å²) in [6.07, 6.45) is 1.19. The lowest BCUT2D eigenvalue weighted by molar-refractivity contribution is -0.855. The summed E-state index contributed by atoms with van der Waals surface area (Å²) in [6, 6.07) is -5.77. The van der Waals surface area contributed by atoms with Gasteiger partial charge in [-0.15, -0.1) is 16.8 Å². The Morgan fingerprint density at radius 2 is 1.50 bits per heavy atom. The lowest BCUT2D eigenvalue weighted by Crippen LogP contribution is -2.70. The minimum atomic E-state index is -6.16. The number of quaternary nitrogens is 1. The average Bonchev–Trinajstić information content (AvgIpc) is 2.67. The third-order valence-corrected chi connectivity index (χ3v) is 9.73. The molecule has 9 nitrogen and oxygen atoms in total. The predicted octanol–water partition coefficient (Wildman–Crippen LogP) is 1.05. The smallest absolute Gasteiger partial charge is 0.314 e. The highest BCUT2D eigenvalue weighted by Gasteiger charge is 2.78. The zero-order valence-corrected chi connectivity index (χ0v) is 19.5. The number of hydrogen-bond acceptors (Lipinski definition) is 6. The highest BCUT2D eigenvalue weighted by molar-refractivity contribution is 8.03. The molecule has 0 aliphatic carbocycles. The fraction of sp³-hybridized carbons (Fsp3) is 0.714. The van der Waals surface area contributed by atoms with E-state index in [0.717, 1.165) is 19.9 Å². The van der Waals surface area contributed by atoms with E-state index in [1.54, 1.807) is 0 Å². The quantitative estimate of drug-likeness (QED) is 0.187. The first-order valence-corrected chi connectivity index (χ1v) is 12.8. The molecule has 18 heteroatoms. The SMILES string of the molecule is CC=CC(F)(F)S(=O)(=O)NS(=O)C(F)(F)C(F)(F)[N+](C)(C=CC)S(=O)(=O)N1CCNCC1. The number of allylic oxidation sites excluding steroid dienone is 2. The van der Waals surface area contributed by atoms with Gasteiger partial charge in [0.25, 0.3) is 10.0 Å². The van der Waals surface area contributed by atoms with Gasteiger partial charge in [-0.25, -0.2) is 12.6 Å². The van der Waals surface area contributed by atoms with Crippen LogP contribution in [0, 0.1) is 0 Å². The second-order valence-electron chi connectivity index (χ2n) is 6.57. The van der Waals surface area contributed by atoms with Crippen LogP contribution in [-0.4, -0.2) is 79.0 Å². The van der Waals surface area contributed by atoms with Gasteiger partial charge in [0.05, 0.1) is 7.05 Å². The van der Waals surface area contributed by atoms with Crippen LogP contribution in [-0.2, 0) is 31.2 Å². The minimum absolute atomic E-state index is 0.0305. The van der Waals surface area contributed by atoms with Gasteiger partial charge in [0.15, 0.2) is 11.0 Å². The average molecular weight is 538 g/mol. The first kappa shape index (κ1) is 29.0. The summed E-state index contributed by atoms with van der Waals surface area (Å²) in [5.41, 5.74) is 0. The van der Waals surface area contributed by atoms with E-state index in [0.29, 0.717) is 14.5 Å². The Hall–Kier alpha value is -1.05. The first-order valence-electron chi connectivity index (χ1n) is 8.78. The molecule has 2 N–H and O–H groups in total. The molecule has 0 spiro atoms. The van der Waals surface area contributed by atoms with E-state index >= 15 is 8.78 Å². The molecule has 1 fully saturated rings. The van der Waals surface area contributed by atoms with Crippen molar-refractivity contribution in [2.75, 3.05) is 33.2 Å². The number of piperazine rings is 1. The van der Waals surface area contributed by atoms with Crippen LogP contribution in [0.5, 0.6) is 0 Å². The molecule has 0 radical (unpaired) electrons. The van der Waals surface area contributed by atoms with Gasteiger partial charge < -0.3 is 5.32 Å². The summed E-state index contributed by atoms with van der Waals surface area (Å²) >= 11 is 0. The van der Waals surface area contributed by atoms with Crippen LogP contribution in [0.3, 0.4) is 0 Å². The fourth-order valence-electron chi connectivity index (χ4n) is 2.58. The highest BCUT2D eigenvalue weighted by atomic mass is 32.3. The molecule has 0 bridgehead atoms. The Morgan fingerprint density at radius 3 is 1.94 bits per heavy atom. The van der Waals surface area contributed by atoms with Gasteiger partial charge in [-0.05, 0) is 26.0 Å². The number of halogens is 6. The molecule has 0 aromatic heterocycles. The summed E-state index contributed by atoms with van der Waals surface area (Å²) < 4.78 is 146. The minimum Gasteiger partial charge on any atom is -0.314 e. The van der Waals surface area contributed by atoms with Crippen molar-refractivity contribution in [1.82, 2.24) is 13.7 Å². The van der Waals surface area contributed by atoms with Crippen LogP contribution in [0.4, 0.5) is 26.3 Å². The molecule has 0 aromatic rings. The molecular weight excluding hydrogens is 514 g/mol. The molecule has 1 heterocycles. The van der Waals surface area contributed by atoms with Crippen molar-refractivity contribution < 1.29 is 51.3 Å². The van der Waals surface area contributed by atoms with E-state index < -0.39 is 51.7 Å². The molecular formula is C14H23F6N4O5S3+. The Bertz CT molecular complexity index is 981. The van der Waals surface area contributed by atoms with Crippen LogP contribution in [0.2, 0.25) is 0 Å². The number of nitrogens with zero attached hydrogens (tertiary/aromatic N) is 2. The maximum absolute atomic E-state index is 15.1. The normalized spacial score (nSPS) is 21.2. The molecule has 2 atom stereocenters. The molecule has 0 saturated carbocycles. The van der Waals surface area contributed by atoms with Crippen molar-refractivity contribution in [3.05, 3.63) is 24.4 Å². The fourth-order valence-corrected chi connectivity index (χ4v) is 6.83. The Morgan fingerprint density at radius 1 is 1.00 bits per heavy atom. The zero-order chi connectivity index (χ0) is 25.2. The maximum atomic E-state index is 15.1. The largest absolute Gasteiger partial charge is 0.489 e. The molecule has 1 aliphatic rings. The lowest BCUT2D eigenvalue weighted by Gasteiger charge is -2.41. The monoisotopic (exact) mass is 537 g/mol. The zero-order valence-electron chi connectivity index (χ0n) is 17.1. The van der Waals surface area contributed by atoms with E-state index in [9.17, 15) is 38.6 Å². The van der Waals surface area contributed by atoms with Crippen molar-refractivity contribution in [3.8, 4) is 0 Å². The first-order chi connectivity index (χ1) is 14.4. The van der Waals surface area contributed by atoms with Crippen LogP contribution in [0.1, 0.15) is 13.8 Å². The number of rotatable bonds is 10. The number of alkyl halides is 6. The summed E-state index contributed by atoms with van der Waals surface area (Å²) in [5, 5.41) is -8.07. The second kappa shape index (κ2) is 9.67. The van der Waals surface area contributed by atoms with Gasteiger partial charge >= 0.3 is 26.8 Å². The van der Waals surface area contributed by atoms with Crippen LogP contribution >= 0.6 is 0 Å². The third kappa shape index (κ3) is 4.90. The molecule has 1 rings (SSSR count). The molecule has 0 amide bonds. The molecule has 188 valence electrons. The summed E-state index contributed by atoms with van der Waals surface area (Å²) in [5.74, 6) is 0. The van der Waals surface area contributed by atoms with E-state index in [4.69, 9.17) is 0 Å². The molecule has 32 heavy (non-hydrogen) atoms. The van der Waals surface area contributed by atoms with Gasteiger partial charge in [-0.3, -0.25) is 0 Å². The van der Waals surface area contributed by atoms with E-state index in [2.05, 4.69) is 5.32 Å². The Labute approximate surface area is 184 Å². The lowest BCUT2D eigenvalue weighted by atomic mass is 10.4. The molecule has 1 aliphatic heterocycles. The van der Waals surface area contributed by atoms with Gasteiger partial charge in [0.1, 0.15) is 6.20 Å². The second-order valence-corrected chi connectivity index (χ2v) is 12.0. The Balaban J connectivity index is 3.51. The number of hydrogen-bond donors (Lipinski definition) is 2. The van der Waals surface area contributed by atoms with Crippen molar-refractivity contribution in [1.29, 1.82) is 0 Å². The van der Waals surface area contributed by atoms with Gasteiger partial charge in [0, 0.05) is 26.2 Å². The predicted molar refractivity (Wildman–Crippen MR) is 104 cm³/mol. The summed E-state index contributed by atoms with van der Waals surface area (Å²) in [4.78, 5) is 0. The van der Waals surface area contributed by atoms with Crippen molar-refractivity contribution >= 4 is 31.2 Å². The third-order valence-electron chi connectivity index (χ3n) is 4.36. The standard InChI is InChI=1S/C14H23F6N4O5S3/c1-4-6-12(15,16)31(26,27)22-30(25)14(19,20)13(17,18)24(3,11-5-2)32(28,29)23-9-7-21-8-10-23/h4-6,11,21-22H,7-10H2,1-3H3/q+1. The van der Waals surface area contributed by atoms with Crippen molar-refractivity contribution in [2.45, 2.75) is 30.4 Å². The maximum Gasteiger partial charge on any atom is 0.489 e. The van der Waals surface area contributed by atoms with E-state index in [1.165, 1.54) is 0 Å². The van der Waals surface area contributed by atoms with Crippen LogP contribution in [0.15, 0.2) is 24.4 Å². The number of nitrogens with one attached hydrogen (secondary N) is 2. The Kier molecular flexibility index (Phi) is 8.76. The molecule has 1 saturated heterocycles. The summed E-state index contributed by atoms with van der Waals surface area (Å²) in [6.45, 7) is 1.38. The van der Waals surface area contributed by atoms with E-state index in [1.807, 2.05) is 0 Å². The topological polar surface area (TPSA) is 113 Å². The van der Waals surface area contributed by atoms with Gasteiger partial charge in [-0.2, -0.15) is 30.3 Å². The van der Waals surface area contributed by atoms with E-state index in [-0.39, 0.29) is 45.5 Å². The summed E-state index contributed by atoms with van der Waals surface area (Å²) in [7, 11) is -16.0. The van der Waals surface area contributed by atoms with Crippen molar-refractivity contribution in [2.24, 2.45) is 0 Å². The van der Waals surface area contributed by atoms with Crippen LogP contribution in [0.25, 0.3) is 0 Å². The number of sulfonamides is 1. The van der Waals surface area contributed by atoms with Gasteiger partial charge in [0.2, 0.25) is 0 Å². The molecule has 2 unspecified atom stereocenters. The highest BCUT2D eigenvalue weighted by Crippen LogP contribution is 2.46. The van der Waals surface area contributed by atoms with Crippen LogP contribution < -0.4 is 9.44 Å². The van der Waals surface area contributed by atoms with Crippen molar-refractivity contribution in [3.63, 3.8) is 0 Å². The molecule has 0 aromatic carbocycles. The van der Waals surface area contributed by atoms with Gasteiger partial charge in [-0.1, -0.05) is 6.08 Å².